The summed E-state index contributed by atoms with van der Waals surface area (Å²) in [5.74, 6) is 0. The van der Waals surface area contributed by atoms with Crippen molar-refractivity contribution >= 4 is 28.2 Å². The Labute approximate surface area is 83.1 Å². The number of fused-ring (bicyclic) bond motifs is 1. The maximum Gasteiger partial charge on any atom is 0.179 e. The third kappa shape index (κ3) is 1.28. The summed E-state index contributed by atoms with van der Waals surface area (Å²) in [6.07, 6.45) is 1.95. The van der Waals surface area contributed by atoms with E-state index < -0.39 is 0 Å². The molecule has 0 saturated carbocycles. The van der Waals surface area contributed by atoms with Gasteiger partial charge in [-0.2, -0.15) is 0 Å². The van der Waals surface area contributed by atoms with Crippen molar-refractivity contribution < 1.29 is 0 Å². The molecular weight excluding hydrogens is 267 g/mol. The zero-order chi connectivity index (χ0) is 8.55. The van der Waals surface area contributed by atoms with Gasteiger partial charge in [0.05, 0.1) is 0 Å². The first-order valence-corrected chi connectivity index (χ1v) is 4.83. The van der Waals surface area contributed by atoms with Crippen LogP contribution in [0, 0.1) is 0 Å². The van der Waals surface area contributed by atoms with Crippen LogP contribution in [0.5, 0.6) is 0 Å². The number of pyridine rings is 1. The number of halogens is 1. The summed E-state index contributed by atoms with van der Waals surface area (Å²) in [6.45, 7) is 2.13. The van der Waals surface area contributed by atoms with Crippen molar-refractivity contribution in [2.45, 2.75) is 10.8 Å². The summed E-state index contributed by atoms with van der Waals surface area (Å²) in [5.41, 5.74) is 2.02. The van der Waals surface area contributed by atoms with Gasteiger partial charge in [-0.3, -0.25) is 0 Å². The second-order valence-corrected chi connectivity index (χ2v) is 4.43. The van der Waals surface area contributed by atoms with Crippen LogP contribution in [0.25, 0.3) is 5.65 Å². The number of hydrogen-bond donors (Lipinski definition) is 0. The van der Waals surface area contributed by atoms with Gasteiger partial charge in [0.2, 0.25) is 0 Å². The quantitative estimate of drug-likeness (QED) is 0.586. The van der Waals surface area contributed by atoms with E-state index in [9.17, 15) is 0 Å². The second kappa shape index (κ2) is 2.96. The normalized spacial score (nSPS) is 13.5. The summed E-state index contributed by atoms with van der Waals surface area (Å²) in [5, 5.41) is 11.2. The lowest BCUT2D eigenvalue weighted by Crippen LogP contribution is -1.91. The van der Waals surface area contributed by atoms with Gasteiger partial charge in [0.25, 0.3) is 0 Å². The highest BCUT2D eigenvalue weighted by molar-refractivity contribution is 14.1. The SMILES string of the molecule is C[C@H](I)c1ccc2nnnn2c1. The first-order valence-electron chi connectivity index (χ1n) is 3.59. The zero-order valence-electron chi connectivity index (χ0n) is 6.48. The summed E-state index contributed by atoms with van der Waals surface area (Å²) in [7, 11) is 0. The zero-order valence-corrected chi connectivity index (χ0v) is 8.63. The van der Waals surface area contributed by atoms with E-state index in [1.54, 1.807) is 4.52 Å². The van der Waals surface area contributed by atoms with Crippen LogP contribution in [0.4, 0.5) is 0 Å². The largest absolute Gasteiger partial charge is 0.200 e. The van der Waals surface area contributed by atoms with Crippen LogP contribution in [0.15, 0.2) is 18.3 Å². The minimum Gasteiger partial charge on any atom is -0.200 e. The molecule has 0 amide bonds. The first kappa shape index (κ1) is 7.90. The average Bonchev–Trinajstić information content (AvgIpc) is 2.49. The number of rotatable bonds is 1. The molecular formula is C7H7IN4. The fraction of sp³-hybridized carbons (Fsp3) is 0.286. The lowest BCUT2D eigenvalue weighted by molar-refractivity contribution is 0.817. The maximum absolute atomic E-state index is 3.82. The molecule has 2 aromatic rings. The smallest absolute Gasteiger partial charge is 0.179 e. The molecule has 12 heavy (non-hydrogen) atoms. The molecule has 0 fully saturated rings. The van der Waals surface area contributed by atoms with Crippen molar-refractivity contribution in [2.75, 3.05) is 0 Å². The van der Waals surface area contributed by atoms with Crippen LogP contribution in [0.1, 0.15) is 16.4 Å². The Hall–Kier alpha value is -0.720. The molecule has 2 heterocycles. The highest BCUT2D eigenvalue weighted by Gasteiger charge is 2.02. The van der Waals surface area contributed by atoms with Crippen LogP contribution < -0.4 is 0 Å². The van der Waals surface area contributed by atoms with Crippen molar-refractivity contribution in [3.8, 4) is 0 Å². The predicted octanol–water partition coefficient (Wildman–Crippen LogP) is 1.62. The van der Waals surface area contributed by atoms with Gasteiger partial charge < -0.3 is 0 Å². The molecule has 0 radical (unpaired) electrons. The van der Waals surface area contributed by atoms with E-state index in [0.29, 0.717) is 3.92 Å². The van der Waals surface area contributed by atoms with E-state index in [-0.39, 0.29) is 0 Å². The van der Waals surface area contributed by atoms with E-state index in [1.165, 1.54) is 5.56 Å². The van der Waals surface area contributed by atoms with Gasteiger partial charge in [-0.1, -0.05) is 28.7 Å². The third-order valence-corrected chi connectivity index (χ3v) is 2.39. The van der Waals surface area contributed by atoms with E-state index >= 15 is 0 Å². The highest BCUT2D eigenvalue weighted by atomic mass is 127. The lowest BCUT2D eigenvalue weighted by atomic mass is 10.2. The molecule has 1 atom stereocenters. The number of tetrazole rings is 1. The van der Waals surface area contributed by atoms with Gasteiger partial charge in [-0.25, -0.2) is 4.52 Å². The van der Waals surface area contributed by atoms with Gasteiger partial charge >= 0.3 is 0 Å². The minimum atomic E-state index is 0.483. The minimum absolute atomic E-state index is 0.483. The van der Waals surface area contributed by atoms with Crippen LogP contribution in [-0.4, -0.2) is 20.0 Å². The molecule has 2 aromatic heterocycles. The number of nitrogens with zero attached hydrogens (tertiary/aromatic N) is 4. The number of hydrogen-bond acceptors (Lipinski definition) is 3. The molecule has 0 aliphatic carbocycles. The second-order valence-electron chi connectivity index (χ2n) is 2.56. The molecule has 62 valence electrons. The molecule has 0 aliphatic heterocycles. The third-order valence-electron chi connectivity index (χ3n) is 1.67. The average molecular weight is 274 g/mol. The van der Waals surface area contributed by atoms with Crippen LogP contribution in [0.2, 0.25) is 0 Å². The molecule has 0 bridgehead atoms. The highest BCUT2D eigenvalue weighted by Crippen LogP contribution is 2.21. The molecule has 0 saturated heterocycles. The summed E-state index contributed by atoms with van der Waals surface area (Å²) >= 11 is 2.36. The van der Waals surface area contributed by atoms with Gasteiger partial charge in [-0.15, -0.1) is 5.10 Å². The number of aromatic nitrogens is 4. The topological polar surface area (TPSA) is 43.1 Å². The Kier molecular flexibility index (Phi) is 1.95. The van der Waals surface area contributed by atoms with Crippen molar-refractivity contribution in [2.24, 2.45) is 0 Å². The summed E-state index contributed by atoms with van der Waals surface area (Å²) < 4.78 is 2.17. The summed E-state index contributed by atoms with van der Waals surface area (Å²) in [6, 6.07) is 3.97. The molecule has 4 nitrogen and oxygen atoms in total. The standard InChI is InChI=1S/C7H7IN4/c1-5(8)6-2-3-7-9-10-11-12(7)4-6/h2-5H,1H3/t5-/m0/s1. The maximum atomic E-state index is 3.82. The van der Waals surface area contributed by atoms with Gasteiger partial charge in [0.1, 0.15) is 0 Å². The Morgan fingerprint density at radius 2 is 2.33 bits per heavy atom. The fourth-order valence-corrected chi connectivity index (χ4v) is 1.36. The monoisotopic (exact) mass is 274 g/mol. The molecule has 2 rings (SSSR count). The van der Waals surface area contributed by atoms with E-state index in [1.807, 2.05) is 18.3 Å². The van der Waals surface area contributed by atoms with Crippen molar-refractivity contribution in [3.05, 3.63) is 23.9 Å². The van der Waals surface area contributed by atoms with E-state index in [0.717, 1.165) is 5.65 Å². The molecule has 0 aromatic carbocycles. The lowest BCUT2D eigenvalue weighted by Gasteiger charge is -2.01. The molecule has 5 heteroatoms. The van der Waals surface area contributed by atoms with Crippen LogP contribution in [0.3, 0.4) is 0 Å². The predicted molar refractivity (Wildman–Crippen MR) is 53.2 cm³/mol. The Bertz CT molecular complexity index is 395. The molecule has 0 spiro atoms. The van der Waals surface area contributed by atoms with Gasteiger partial charge in [-0.05, 0) is 29.0 Å². The van der Waals surface area contributed by atoms with E-state index in [2.05, 4.69) is 45.0 Å². The summed E-state index contributed by atoms with van der Waals surface area (Å²) in [4.78, 5) is 0. The Balaban J connectivity index is 2.60. The molecule has 0 unspecified atom stereocenters. The number of alkyl halides is 1. The fourth-order valence-electron chi connectivity index (χ4n) is 0.993. The van der Waals surface area contributed by atoms with Crippen molar-refractivity contribution in [3.63, 3.8) is 0 Å². The first-order chi connectivity index (χ1) is 5.77. The molecule has 0 N–H and O–H groups in total. The van der Waals surface area contributed by atoms with Crippen molar-refractivity contribution in [1.29, 1.82) is 0 Å². The van der Waals surface area contributed by atoms with Crippen molar-refractivity contribution in [1.82, 2.24) is 20.0 Å². The van der Waals surface area contributed by atoms with Gasteiger partial charge in [0.15, 0.2) is 5.65 Å². The Morgan fingerprint density at radius 3 is 3.08 bits per heavy atom. The van der Waals surface area contributed by atoms with E-state index in [4.69, 9.17) is 0 Å². The van der Waals surface area contributed by atoms with Gasteiger partial charge in [0, 0.05) is 10.1 Å². The van der Waals surface area contributed by atoms with Crippen LogP contribution >= 0.6 is 22.6 Å². The molecule has 0 aliphatic rings. The Morgan fingerprint density at radius 1 is 1.50 bits per heavy atom. The van der Waals surface area contributed by atoms with Crippen LogP contribution in [-0.2, 0) is 0 Å².